The maximum Gasteiger partial charge on any atom is 0.325 e. The Labute approximate surface area is 191 Å². The molecule has 10 nitrogen and oxygen atoms in total. The van der Waals surface area contributed by atoms with Gasteiger partial charge in [-0.05, 0) is 52.0 Å². The van der Waals surface area contributed by atoms with Crippen LogP contribution in [0.25, 0.3) is 11.3 Å². The molecule has 0 bridgehead atoms. The molecule has 0 aliphatic heterocycles. The van der Waals surface area contributed by atoms with Gasteiger partial charge in [-0.3, -0.25) is 9.59 Å². The molecule has 3 aromatic rings. The molecule has 174 valence electrons. The molecule has 0 fully saturated rings. The molecule has 0 saturated heterocycles. The number of anilines is 3. The zero-order valence-electron chi connectivity index (χ0n) is 19.0. The monoisotopic (exact) mass is 453 g/mol. The molecule has 0 spiro atoms. The van der Waals surface area contributed by atoms with Crippen molar-refractivity contribution in [1.29, 1.82) is 0 Å². The molecule has 4 N–H and O–H groups in total. The highest BCUT2D eigenvalue weighted by atomic mass is 16.6. The second kappa shape index (κ2) is 10.0. The van der Waals surface area contributed by atoms with Gasteiger partial charge >= 0.3 is 5.97 Å². The zero-order chi connectivity index (χ0) is 24.0. The van der Waals surface area contributed by atoms with Gasteiger partial charge in [-0.2, -0.15) is 4.98 Å². The van der Waals surface area contributed by atoms with Crippen molar-refractivity contribution in [2.75, 3.05) is 24.2 Å². The molecule has 0 saturated carbocycles. The van der Waals surface area contributed by atoms with Crippen LogP contribution in [0.2, 0.25) is 0 Å². The number of carbonyl (C=O) groups is 2. The van der Waals surface area contributed by atoms with Crippen LogP contribution in [0.4, 0.5) is 17.2 Å². The van der Waals surface area contributed by atoms with Gasteiger partial charge in [0.2, 0.25) is 5.88 Å². The van der Waals surface area contributed by atoms with E-state index in [0.29, 0.717) is 11.6 Å². The van der Waals surface area contributed by atoms with E-state index in [1.165, 1.54) is 12.5 Å². The van der Waals surface area contributed by atoms with Crippen LogP contribution in [0.1, 0.15) is 38.1 Å². The number of nitrogens with two attached hydrogens (primary N) is 1. The number of esters is 1. The quantitative estimate of drug-likeness (QED) is 0.437. The number of nitrogen functional groups attached to an aromatic ring is 1. The Bertz CT molecular complexity index is 1110. The van der Waals surface area contributed by atoms with Crippen molar-refractivity contribution in [3.8, 4) is 17.2 Å². The third-order valence-corrected chi connectivity index (χ3v) is 4.21. The first kappa shape index (κ1) is 23.6. The highest BCUT2D eigenvalue weighted by Gasteiger charge is 2.22. The van der Waals surface area contributed by atoms with E-state index in [1.807, 2.05) is 24.3 Å². The van der Waals surface area contributed by atoms with Gasteiger partial charge in [-0.15, -0.1) is 0 Å². The molecule has 0 atom stereocenters. The lowest BCUT2D eigenvalue weighted by molar-refractivity contribution is -0.153. The van der Waals surface area contributed by atoms with Gasteiger partial charge in [0.15, 0.2) is 12.2 Å². The Balaban J connectivity index is 1.75. The highest BCUT2D eigenvalue weighted by molar-refractivity contribution is 6.03. The van der Waals surface area contributed by atoms with E-state index in [1.54, 1.807) is 33.9 Å². The first-order chi connectivity index (χ1) is 15.7. The van der Waals surface area contributed by atoms with Gasteiger partial charge in [0.1, 0.15) is 23.5 Å². The minimum Gasteiger partial charge on any atom is -0.477 e. The van der Waals surface area contributed by atoms with E-state index in [2.05, 4.69) is 20.6 Å². The van der Waals surface area contributed by atoms with Gasteiger partial charge in [-0.1, -0.05) is 0 Å². The molecule has 0 unspecified atom stereocenters. The van der Waals surface area contributed by atoms with Crippen LogP contribution < -0.4 is 21.1 Å². The summed E-state index contributed by atoms with van der Waals surface area (Å²) in [6, 6.07) is 8.95. The van der Waals surface area contributed by atoms with Crippen molar-refractivity contribution >= 4 is 29.1 Å². The summed E-state index contributed by atoms with van der Waals surface area (Å²) in [5.41, 5.74) is 7.31. The van der Waals surface area contributed by atoms with E-state index in [4.69, 9.17) is 19.6 Å². The second-order valence-corrected chi connectivity index (χ2v) is 8.05. The molecule has 1 aromatic carbocycles. The number of pyridine rings is 1. The minimum absolute atomic E-state index is 0.0478. The van der Waals surface area contributed by atoms with Crippen LogP contribution in [-0.2, 0) is 9.53 Å². The summed E-state index contributed by atoms with van der Waals surface area (Å²) < 4.78 is 16.0. The number of benzene rings is 1. The third-order valence-electron chi connectivity index (χ3n) is 4.21. The van der Waals surface area contributed by atoms with Gasteiger partial charge < -0.3 is 30.3 Å². The fraction of sp³-hybridized carbons (Fsp3) is 0.304. The Morgan fingerprint density at radius 2 is 1.91 bits per heavy atom. The normalized spacial score (nSPS) is 11.0. The molecular weight excluding hydrogens is 426 g/mol. The topological polar surface area (TPSA) is 142 Å². The third kappa shape index (κ3) is 6.45. The summed E-state index contributed by atoms with van der Waals surface area (Å²) in [4.78, 5) is 32.9. The number of nitrogens with zero attached hydrogens (tertiary/aromatic N) is 2. The Morgan fingerprint density at radius 3 is 2.52 bits per heavy atom. The van der Waals surface area contributed by atoms with Crippen LogP contribution in [-0.4, -0.2) is 40.6 Å². The van der Waals surface area contributed by atoms with Gasteiger partial charge in [0.05, 0.1) is 18.5 Å². The fourth-order valence-electron chi connectivity index (χ4n) is 2.92. The minimum atomic E-state index is -0.654. The number of ether oxygens (including phenoxy) is 2. The smallest absolute Gasteiger partial charge is 0.325 e. The molecule has 10 heteroatoms. The number of hydrogen-bond acceptors (Lipinski definition) is 9. The van der Waals surface area contributed by atoms with E-state index in [9.17, 15) is 9.59 Å². The number of hydrogen-bond donors (Lipinski definition) is 3. The van der Waals surface area contributed by atoms with Gasteiger partial charge in [0, 0.05) is 17.3 Å². The van der Waals surface area contributed by atoms with Crippen molar-refractivity contribution in [2.45, 2.75) is 33.3 Å². The van der Waals surface area contributed by atoms with E-state index < -0.39 is 17.5 Å². The fourth-order valence-corrected chi connectivity index (χ4v) is 2.92. The number of rotatable bonds is 8. The van der Waals surface area contributed by atoms with Gasteiger partial charge in [-0.25, -0.2) is 4.98 Å². The van der Waals surface area contributed by atoms with Crippen LogP contribution in [0.3, 0.4) is 0 Å². The average Bonchev–Trinajstić information content (AvgIpc) is 3.26. The second-order valence-electron chi connectivity index (χ2n) is 8.05. The molecule has 3 rings (SSSR count). The summed E-state index contributed by atoms with van der Waals surface area (Å²) in [6.45, 7) is 6.97. The standard InChI is InChI=1S/C23H27N5O5/c1-5-31-22-20(21(30)26-12-19(29)33-23(2,3)4)16(24)10-18(28-22)27-15-8-6-14(7-9-15)17-11-25-13-32-17/h6-11,13H,5,12H2,1-4H3,(H,26,30)(H3,24,27,28). The first-order valence-corrected chi connectivity index (χ1v) is 10.4. The first-order valence-electron chi connectivity index (χ1n) is 10.4. The lowest BCUT2D eigenvalue weighted by Crippen LogP contribution is -2.35. The van der Waals surface area contributed by atoms with Crippen LogP contribution >= 0.6 is 0 Å². The van der Waals surface area contributed by atoms with Crippen LogP contribution in [0.5, 0.6) is 5.88 Å². The van der Waals surface area contributed by atoms with Crippen molar-refractivity contribution in [3.05, 3.63) is 48.5 Å². The van der Waals surface area contributed by atoms with E-state index in [0.717, 1.165) is 11.3 Å². The highest BCUT2D eigenvalue weighted by Crippen LogP contribution is 2.28. The summed E-state index contributed by atoms with van der Waals surface area (Å²) in [5.74, 6) is -0.0407. The Morgan fingerprint density at radius 1 is 1.18 bits per heavy atom. The number of carbonyl (C=O) groups excluding carboxylic acids is 2. The largest absolute Gasteiger partial charge is 0.477 e. The molecule has 2 heterocycles. The summed E-state index contributed by atoms with van der Waals surface area (Å²) in [6.07, 6.45) is 3.00. The molecule has 1 amide bonds. The Kier molecular flexibility index (Phi) is 7.17. The van der Waals surface area contributed by atoms with E-state index in [-0.39, 0.29) is 30.3 Å². The molecule has 33 heavy (non-hydrogen) atoms. The lowest BCUT2D eigenvalue weighted by atomic mass is 10.1. The predicted octanol–water partition coefficient (Wildman–Crippen LogP) is 3.53. The molecule has 2 aromatic heterocycles. The van der Waals surface area contributed by atoms with E-state index >= 15 is 0 Å². The summed E-state index contributed by atoms with van der Waals surface area (Å²) >= 11 is 0. The summed E-state index contributed by atoms with van der Waals surface area (Å²) in [7, 11) is 0. The SMILES string of the molecule is CCOc1nc(Nc2ccc(-c3cnco3)cc2)cc(N)c1C(=O)NCC(=O)OC(C)(C)C. The van der Waals surface area contributed by atoms with Crippen molar-refractivity contribution in [3.63, 3.8) is 0 Å². The maximum absolute atomic E-state index is 12.7. The Hall–Kier alpha value is -4.08. The number of aromatic nitrogens is 2. The predicted molar refractivity (Wildman–Crippen MR) is 123 cm³/mol. The van der Waals surface area contributed by atoms with Crippen LogP contribution in [0, 0.1) is 0 Å². The molecule has 0 aliphatic rings. The molecule has 0 aliphatic carbocycles. The van der Waals surface area contributed by atoms with Crippen LogP contribution in [0.15, 0.2) is 47.3 Å². The number of oxazole rings is 1. The van der Waals surface area contributed by atoms with Crippen molar-refractivity contribution < 1.29 is 23.5 Å². The zero-order valence-corrected chi connectivity index (χ0v) is 19.0. The van der Waals surface area contributed by atoms with Crippen molar-refractivity contribution in [2.24, 2.45) is 0 Å². The molecule has 0 radical (unpaired) electrons. The maximum atomic E-state index is 12.7. The number of nitrogens with one attached hydrogen (secondary N) is 2. The number of amides is 1. The van der Waals surface area contributed by atoms with Crippen molar-refractivity contribution in [1.82, 2.24) is 15.3 Å². The van der Waals surface area contributed by atoms with Gasteiger partial charge in [0.25, 0.3) is 5.91 Å². The average molecular weight is 453 g/mol. The summed E-state index contributed by atoms with van der Waals surface area (Å²) in [5, 5.41) is 5.64. The lowest BCUT2D eigenvalue weighted by Gasteiger charge is -2.20. The molecular formula is C23H27N5O5.